The number of aryl methyl sites for hydroxylation is 1. The lowest BCUT2D eigenvalue weighted by molar-refractivity contribution is 0.839. The van der Waals surface area contributed by atoms with Crippen molar-refractivity contribution in [2.24, 2.45) is 4.99 Å². The van der Waals surface area contributed by atoms with Crippen LogP contribution in [0, 0.1) is 0 Å². The second-order valence-corrected chi connectivity index (χ2v) is 6.33. The molecule has 0 amide bonds. The van der Waals surface area contributed by atoms with Crippen LogP contribution < -0.4 is 0 Å². The Bertz CT molecular complexity index is 897. The molecule has 114 valence electrons. The van der Waals surface area contributed by atoms with Crippen molar-refractivity contribution in [2.75, 3.05) is 0 Å². The normalized spacial score (nSPS) is 13.0. The molecule has 23 heavy (non-hydrogen) atoms. The average Bonchev–Trinajstić information content (AvgIpc) is 2.92. The average molecular weight is 367 g/mol. The van der Waals surface area contributed by atoms with Crippen LogP contribution >= 0.6 is 15.9 Å². The third kappa shape index (κ3) is 2.41. The molecule has 0 bridgehead atoms. The summed E-state index contributed by atoms with van der Waals surface area (Å²) in [7, 11) is 0. The molecule has 0 unspecified atom stereocenters. The largest absolute Gasteiger partial charge is 0.281 e. The number of nitrogens with zero attached hydrogens (tertiary/aromatic N) is 4. The Hall–Kier alpha value is -2.27. The second kappa shape index (κ2) is 5.74. The van der Waals surface area contributed by atoms with Crippen LogP contribution in [0.1, 0.15) is 29.7 Å². The maximum absolute atomic E-state index is 4.84. The Labute approximate surface area is 143 Å². The van der Waals surface area contributed by atoms with Crippen molar-refractivity contribution in [3.63, 3.8) is 0 Å². The van der Waals surface area contributed by atoms with Gasteiger partial charge in [-0.1, -0.05) is 53.2 Å². The fourth-order valence-corrected chi connectivity index (χ4v) is 3.29. The summed E-state index contributed by atoms with van der Waals surface area (Å²) in [6.45, 7) is 2.63. The number of aromatic nitrogens is 3. The fraction of sp³-hybridized carbons (Fsp3) is 0.167. The Morgan fingerprint density at radius 3 is 2.70 bits per heavy atom. The zero-order valence-electron chi connectivity index (χ0n) is 12.7. The number of halogens is 1. The number of aliphatic imine (C=N–C) groups is 1. The quantitative estimate of drug-likeness (QED) is 0.689. The monoisotopic (exact) mass is 366 g/mol. The third-order valence-corrected chi connectivity index (χ3v) is 4.49. The van der Waals surface area contributed by atoms with Crippen molar-refractivity contribution in [2.45, 2.75) is 19.9 Å². The highest BCUT2D eigenvalue weighted by Gasteiger charge is 2.22. The summed E-state index contributed by atoms with van der Waals surface area (Å²) >= 11 is 3.59. The van der Waals surface area contributed by atoms with Crippen LogP contribution in [0.4, 0.5) is 0 Å². The third-order valence-electron chi connectivity index (χ3n) is 3.99. The number of hydrogen-bond donors (Lipinski definition) is 0. The first-order chi connectivity index (χ1) is 11.3. The van der Waals surface area contributed by atoms with Crippen molar-refractivity contribution in [3.05, 3.63) is 75.8 Å². The number of fused-ring (bicyclic) bond motifs is 3. The molecule has 5 heteroatoms. The lowest BCUT2D eigenvalue weighted by Crippen LogP contribution is -2.09. The topological polar surface area (TPSA) is 43.1 Å². The van der Waals surface area contributed by atoms with Gasteiger partial charge in [0.25, 0.3) is 0 Å². The molecule has 0 fully saturated rings. The van der Waals surface area contributed by atoms with Gasteiger partial charge in [-0.15, -0.1) is 10.2 Å². The van der Waals surface area contributed by atoms with Gasteiger partial charge in [0.2, 0.25) is 0 Å². The molecule has 2 heterocycles. The van der Waals surface area contributed by atoms with Crippen LogP contribution in [0.15, 0.2) is 58.0 Å². The summed E-state index contributed by atoms with van der Waals surface area (Å²) < 4.78 is 3.18. The molecule has 0 spiro atoms. The van der Waals surface area contributed by atoms with E-state index in [0.29, 0.717) is 6.54 Å². The van der Waals surface area contributed by atoms with E-state index in [1.807, 2.05) is 18.2 Å². The lowest BCUT2D eigenvalue weighted by atomic mass is 10.0. The van der Waals surface area contributed by atoms with Crippen molar-refractivity contribution in [1.29, 1.82) is 0 Å². The highest BCUT2D eigenvalue weighted by Crippen LogP contribution is 2.28. The predicted octanol–water partition coefficient (Wildman–Crippen LogP) is 3.94. The van der Waals surface area contributed by atoms with E-state index in [-0.39, 0.29) is 0 Å². The van der Waals surface area contributed by atoms with E-state index < -0.39 is 0 Å². The first-order valence-electron chi connectivity index (χ1n) is 7.61. The highest BCUT2D eigenvalue weighted by atomic mass is 79.9. The molecule has 0 saturated heterocycles. The van der Waals surface area contributed by atoms with E-state index in [4.69, 9.17) is 4.99 Å². The number of hydrogen-bond acceptors (Lipinski definition) is 3. The zero-order chi connectivity index (χ0) is 15.8. The first-order valence-corrected chi connectivity index (χ1v) is 8.40. The maximum Gasteiger partial charge on any atom is 0.159 e. The summed E-state index contributed by atoms with van der Waals surface area (Å²) in [6, 6.07) is 16.6. The van der Waals surface area contributed by atoms with Gasteiger partial charge in [-0.3, -0.25) is 9.56 Å². The Morgan fingerprint density at radius 2 is 1.91 bits per heavy atom. The standard InChI is InChI=1S/C18H15BrN4/c1-2-16-21-22-17-11-20-18(12-6-4-3-5-7-12)14-10-13(19)8-9-15(14)23(16)17/h3-10H,2,11H2,1H3. The van der Waals surface area contributed by atoms with Gasteiger partial charge in [0.15, 0.2) is 5.82 Å². The molecule has 0 aliphatic carbocycles. The minimum Gasteiger partial charge on any atom is -0.281 e. The highest BCUT2D eigenvalue weighted by molar-refractivity contribution is 9.10. The molecule has 4 rings (SSSR count). The molecule has 0 atom stereocenters. The van der Waals surface area contributed by atoms with Gasteiger partial charge in [0.05, 0.1) is 11.4 Å². The zero-order valence-corrected chi connectivity index (χ0v) is 14.3. The van der Waals surface area contributed by atoms with Crippen LogP contribution in [0.3, 0.4) is 0 Å². The van der Waals surface area contributed by atoms with Crippen LogP contribution in [0.2, 0.25) is 0 Å². The molecule has 0 saturated carbocycles. The van der Waals surface area contributed by atoms with E-state index in [2.05, 4.69) is 67.9 Å². The van der Waals surface area contributed by atoms with Crippen LogP contribution in [-0.4, -0.2) is 20.5 Å². The number of benzene rings is 2. The first kappa shape index (κ1) is 14.3. The van der Waals surface area contributed by atoms with E-state index in [9.17, 15) is 0 Å². The summed E-state index contributed by atoms with van der Waals surface area (Å²) in [5, 5.41) is 8.64. The minimum atomic E-state index is 0.531. The van der Waals surface area contributed by atoms with Crippen LogP contribution in [-0.2, 0) is 13.0 Å². The molecule has 0 radical (unpaired) electrons. The van der Waals surface area contributed by atoms with Gasteiger partial charge in [0.1, 0.15) is 12.4 Å². The summed E-state index contributed by atoms with van der Waals surface area (Å²) in [5.41, 5.74) is 4.29. The molecular formula is C18H15BrN4. The van der Waals surface area contributed by atoms with Gasteiger partial charge < -0.3 is 0 Å². The van der Waals surface area contributed by atoms with Crippen LogP contribution in [0.5, 0.6) is 0 Å². The van der Waals surface area contributed by atoms with Gasteiger partial charge >= 0.3 is 0 Å². The summed E-state index contributed by atoms with van der Waals surface area (Å²) in [5.74, 6) is 1.85. The van der Waals surface area contributed by atoms with Crippen molar-refractivity contribution in [3.8, 4) is 5.69 Å². The Kier molecular flexibility index (Phi) is 3.58. The van der Waals surface area contributed by atoms with Crippen molar-refractivity contribution < 1.29 is 0 Å². The Balaban J connectivity index is 2.00. The van der Waals surface area contributed by atoms with Gasteiger partial charge in [-0.2, -0.15) is 0 Å². The van der Waals surface area contributed by atoms with Gasteiger partial charge in [-0.25, -0.2) is 0 Å². The van der Waals surface area contributed by atoms with Crippen molar-refractivity contribution in [1.82, 2.24) is 14.8 Å². The van der Waals surface area contributed by atoms with Gasteiger partial charge in [-0.05, 0) is 18.2 Å². The van der Waals surface area contributed by atoms with E-state index in [0.717, 1.165) is 45.1 Å². The Morgan fingerprint density at radius 1 is 1.09 bits per heavy atom. The van der Waals surface area contributed by atoms with E-state index in [1.165, 1.54) is 0 Å². The molecular weight excluding hydrogens is 352 g/mol. The van der Waals surface area contributed by atoms with E-state index in [1.54, 1.807) is 0 Å². The van der Waals surface area contributed by atoms with E-state index >= 15 is 0 Å². The second-order valence-electron chi connectivity index (χ2n) is 5.41. The molecule has 1 aliphatic heterocycles. The predicted molar refractivity (Wildman–Crippen MR) is 94.2 cm³/mol. The summed E-state index contributed by atoms with van der Waals surface area (Å²) in [6.07, 6.45) is 0.836. The smallest absolute Gasteiger partial charge is 0.159 e. The lowest BCUT2D eigenvalue weighted by Gasteiger charge is -2.13. The fourth-order valence-electron chi connectivity index (χ4n) is 2.93. The molecule has 4 nitrogen and oxygen atoms in total. The summed E-state index contributed by atoms with van der Waals surface area (Å²) in [4.78, 5) is 4.84. The SMILES string of the molecule is CCc1nnc2n1-c1ccc(Br)cc1C(c1ccccc1)=NC2. The van der Waals surface area contributed by atoms with Gasteiger partial charge in [0, 0.05) is 22.0 Å². The molecule has 1 aliphatic rings. The minimum absolute atomic E-state index is 0.531. The van der Waals surface area contributed by atoms with Crippen molar-refractivity contribution >= 4 is 21.6 Å². The molecule has 3 aromatic rings. The molecule has 0 N–H and O–H groups in total. The molecule has 1 aromatic heterocycles. The van der Waals surface area contributed by atoms with Crippen LogP contribution in [0.25, 0.3) is 5.69 Å². The molecule has 2 aromatic carbocycles. The number of rotatable bonds is 2. The maximum atomic E-state index is 4.84.